The van der Waals surface area contributed by atoms with Crippen molar-refractivity contribution < 1.29 is 0 Å². The molecule has 0 spiro atoms. The van der Waals surface area contributed by atoms with E-state index in [0.29, 0.717) is 16.6 Å². The van der Waals surface area contributed by atoms with E-state index in [0.717, 1.165) is 16.8 Å². The van der Waals surface area contributed by atoms with Crippen molar-refractivity contribution in [1.82, 2.24) is 0 Å². The Balaban J connectivity index is 2.54. The zero-order chi connectivity index (χ0) is 16.8. The van der Waals surface area contributed by atoms with Crippen molar-refractivity contribution in [2.24, 2.45) is 4.99 Å². The van der Waals surface area contributed by atoms with Gasteiger partial charge in [0.05, 0.1) is 15.8 Å². The molecule has 0 aliphatic carbocycles. The zero-order valence-electron chi connectivity index (χ0n) is 13.4. The molecule has 2 rings (SSSR count). The largest absolute Gasteiger partial charge is 0.284 e. The van der Waals surface area contributed by atoms with Crippen LogP contribution in [0, 0.1) is 0 Å². The molecule has 0 aliphatic heterocycles. The van der Waals surface area contributed by atoms with Gasteiger partial charge in [-0.25, -0.2) is 0 Å². The Kier molecular flexibility index (Phi) is 6.76. The number of rotatable bonds is 5. The molecule has 0 radical (unpaired) electrons. The Morgan fingerprint density at radius 3 is 2.52 bits per heavy atom. The zero-order valence-corrected chi connectivity index (χ0v) is 15.8. The van der Waals surface area contributed by atoms with Crippen molar-refractivity contribution >= 4 is 40.7 Å². The fourth-order valence-corrected chi connectivity index (χ4v) is 3.30. The lowest BCUT2D eigenvalue weighted by Gasteiger charge is -2.13. The van der Waals surface area contributed by atoms with E-state index in [4.69, 9.17) is 28.2 Å². The van der Waals surface area contributed by atoms with Gasteiger partial charge in [0.15, 0.2) is 0 Å². The molecule has 0 bridgehead atoms. The first-order valence-electron chi connectivity index (χ1n) is 7.46. The molecule has 0 heterocycles. The molecule has 2 aromatic carbocycles. The Bertz CT molecular complexity index is 751. The highest BCUT2D eigenvalue weighted by atomic mass is 35.5. The summed E-state index contributed by atoms with van der Waals surface area (Å²) in [6, 6.07) is 14.0. The van der Waals surface area contributed by atoms with Crippen LogP contribution >= 0.6 is 35.0 Å². The van der Waals surface area contributed by atoms with Crippen LogP contribution < -0.4 is 0 Å². The van der Waals surface area contributed by atoms with Crippen LogP contribution in [0.15, 0.2) is 63.3 Å². The summed E-state index contributed by atoms with van der Waals surface area (Å²) in [7, 11) is 0. The quantitative estimate of drug-likeness (QED) is 0.417. The summed E-state index contributed by atoms with van der Waals surface area (Å²) in [5, 5.41) is 1.10. The summed E-state index contributed by atoms with van der Waals surface area (Å²) in [4.78, 5) is 7.15. The average molecular weight is 364 g/mol. The molecule has 4 heteroatoms. The number of thioether (sulfide) groups is 1. The van der Waals surface area contributed by atoms with Gasteiger partial charge in [0, 0.05) is 22.6 Å². The summed E-state index contributed by atoms with van der Waals surface area (Å²) in [6.45, 7) is 6.89. The Morgan fingerprint density at radius 2 is 1.87 bits per heavy atom. The second-order valence-electron chi connectivity index (χ2n) is 4.95. The van der Waals surface area contributed by atoms with Crippen molar-refractivity contribution in [1.29, 1.82) is 0 Å². The Labute approximate surface area is 152 Å². The molecular formula is C19H19Cl2NS. The SMILES string of the molecule is C/C=C(\C)Sc1ccccc1C(=NCC)c1ccc(Cl)c(Cl)c1. The molecule has 0 saturated heterocycles. The van der Waals surface area contributed by atoms with E-state index in [-0.39, 0.29) is 0 Å². The minimum Gasteiger partial charge on any atom is -0.284 e. The number of benzene rings is 2. The standard InChI is InChI=1S/C19H19Cl2NS/c1-4-13(3)23-18-9-7-6-8-15(18)19(22-5-2)14-10-11-16(20)17(21)12-14/h4,6-12H,5H2,1-3H3/b13-4+,22-19?. The normalized spacial score (nSPS) is 12.6. The minimum atomic E-state index is 0.544. The second kappa shape index (κ2) is 8.58. The maximum Gasteiger partial charge on any atom is 0.0730 e. The van der Waals surface area contributed by atoms with Crippen LogP contribution in [0.5, 0.6) is 0 Å². The Hall–Kier alpha value is -1.22. The second-order valence-corrected chi connectivity index (χ2v) is 7.05. The van der Waals surface area contributed by atoms with Gasteiger partial charge in [-0.3, -0.25) is 4.99 Å². The molecule has 23 heavy (non-hydrogen) atoms. The van der Waals surface area contributed by atoms with Gasteiger partial charge in [-0.1, -0.05) is 65.3 Å². The maximum absolute atomic E-state index is 6.19. The van der Waals surface area contributed by atoms with Crippen LogP contribution in [0.2, 0.25) is 10.0 Å². The van der Waals surface area contributed by atoms with Crippen LogP contribution in [0.4, 0.5) is 0 Å². The predicted octanol–water partition coefficient (Wildman–Crippen LogP) is 6.87. The van der Waals surface area contributed by atoms with Gasteiger partial charge in [-0.15, -0.1) is 0 Å². The summed E-state index contributed by atoms with van der Waals surface area (Å²) in [5.74, 6) is 0. The fraction of sp³-hybridized carbons (Fsp3) is 0.211. The Morgan fingerprint density at radius 1 is 1.13 bits per heavy atom. The molecule has 0 atom stereocenters. The predicted molar refractivity (Wildman–Crippen MR) is 104 cm³/mol. The van der Waals surface area contributed by atoms with E-state index < -0.39 is 0 Å². The van der Waals surface area contributed by atoms with E-state index in [9.17, 15) is 0 Å². The van der Waals surface area contributed by atoms with Gasteiger partial charge in [-0.2, -0.15) is 0 Å². The lowest BCUT2D eigenvalue weighted by atomic mass is 10.0. The fourth-order valence-electron chi connectivity index (χ4n) is 2.12. The molecular weight excluding hydrogens is 345 g/mol. The van der Waals surface area contributed by atoms with Crippen molar-refractivity contribution in [3.05, 3.63) is 74.6 Å². The molecule has 0 N–H and O–H groups in total. The van der Waals surface area contributed by atoms with E-state index in [1.165, 1.54) is 9.80 Å². The van der Waals surface area contributed by atoms with Crippen molar-refractivity contribution in [3.63, 3.8) is 0 Å². The number of hydrogen-bond donors (Lipinski definition) is 0. The third kappa shape index (κ3) is 4.63. The first-order chi connectivity index (χ1) is 11.1. The van der Waals surface area contributed by atoms with Gasteiger partial charge in [0.25, 0.3) is 0 Å². The summed E-state index contributed by atoms with van der Waals surface area (Å²) >= 11 is 14.0. The first-order valence-corrected chi connectivity index (χ1v) is 9.04. The highest BCUT2D eigenvalue weighted by Crippen LogP contribution is 2.32. The van der Waals surface area contributed by atoms with Crippen molar-refractivity contribution in [2.75, 3.05) is 6.54 Å². The molecule has 0 aliphatic rings. The van der Waals surface area contributed by atoms with Crippen LogP contribution in [0.3, 0.4) is 0 Å². The number of halogens is 2. The molecule has 0 amide bonds. The monoisotopic (exact) mass is 363 g/mol. The van der Waals surface area contributed by atoms with Gasteiger partial charge in [-0.05, 0) is 43.9 Å². The topological polar surface area (TPSA) is 12.4 Å². The van der Waals surface area contributed by atoms with Gasteiger partial charge in [0.2, 0.25) is 0 Å². The lowest BCUT2D eigenvalue weighted by Crippen LogP contribution is -2.06. The highest BCUT2D eigenvalue weighted by Gasteiger charge is 2.13. The van der Waals surface area contributed by atoms with Gasteiger partial charge >= 0.3 is 0 Å². The summed E-state index contributed by atoms with van der Waals surface area (Å²) in [5.41, 5.74) is 3.03. The van der Waals surface area contributed by atoms with E-state index in [1.807, 2.05) is 44.2 Å². The van der Waals surface area contributed by atoms with E-state index in [2.05, 4.69) is 25.1 Å². The maximum atomic E-state index is 6.19. The number of nitrogens with zero attached hydrogens (tertiary/aromatic N) is 1. The summed E-state index contributed by atoms with van der Waals surface area (Å²) in [6.07, 6.45) is 2.11. The molecule has 2 aromatic rings. The highest BCUT2D eigenvalue weighted by molar-refractivity contribution is 8.03. The minimum absolute atomic E-state index is 0.544. The van der Waals surface area contributed by atoms with Crippen molar-refractivity contribution in [3.8, 4) is 0 Å². The average Bonchev–Trinajstić information content (AvgIpc) is 2.56. The van der Waals surface area contributed by atoms with Crippen molar-refractivity contribution in [2.45, 2.75) is 25.7 Å². The van der Waals surface area contributed by atoms with Gasteiger partial charge < -0.3 is 0 Å². The number of hydrogen-bond acceptors (Lipinski definition) is 2. The van der Waals surface area contributed by atoms with E-state index >= 15 is 0 Å². The molecule has 1 nitrogen and oxygen atoms in total. The molecule has 0 unspecified atom stereocenters. The summed E-state index contributed by atoms with van der Waals surface area (Å²) < 4.78 is 0. The molecule has 120 valence electrons. The van der Waals surface area contributed by atoms with Gasteiger partial charge in [0.1, 0.15) is 0 Å². The van der Waals surface area contributed by atoms with Crippen LogP contribution in [-0.2, 0) is 0 Å². The lowest BCUT2D eigenvalue weighted by molar-refractivity contribution is 1.12. The smallest absolute Gasteiger partial charge is 0.0730 e. The van der Waals surface area contributed by atoms with Crippen LogP contribution in [0.1, 0.15) is 31.9 Å². The molecule has 0 fully saturated rings. The van der Waals surface area contributed by atoms with Crippen LogP contribution in [0.25, 0.3) is 0 Å². The third-order valence-electron chi connectivity index (χ3n) is 3.33. The first kappa shape index (κ1) is 18.1. The number of aliphatic imine (C=N–C) groups is 1. The number of allylic oxidation sites excluding steroid dienone is 2. The third-order valence-corrected chi connectivity index (χ3v) is 5.20. The molecule has 0 aromatic heterocycles. The van der Waals surface area contributed by atoms with Crippen LogP contribution in [-0.4, -0.2) is 12.3 Å². The molecule has 0 saturated carbocycles. The van der Waals surface area contributed by atoms with E-state index in [1.54, 1.807) is 11.8 Å².